The van der Waals surface area contributed by atoms with E-state index in [-0.39, 0.29) is 10.6 Å². The summed E-state index contributed by atoms with van der Waals surface area (Å²) >= 11 is 6.12. The first-order valence-corrected chi connectivity index (χ1v) is 9.02. The lowest BCUT2D eigenvalue weighted by molar-refractivity contribution is 0.204. The molecule has 0 aliphatic carbocycles. The van der Waals surface area contributed by atoms with Crippen molar-refractivity contribution in [1.29, 1.82) is 0 Å². The van der Waals surface area contributed by atoms with Crippen LogP contribution in [0.15, 0.2) is 35.3 Å². The van der Waals surface area contributed by atoms with E-state index in [2.05, 4.69) is 38.2 Å². The molecule has 1 atom stereocenters. The van der Waals surface area contributed by atoms with Gasteiger partial charge in [-0.1, -0.05) is 29.8 Å². The van der Waals surface area contributed by atoms with Gasteiger partial charge in [-0.05, 0) is 18.1 Å². The van der Waals surface area contributed by atoms with E-state index in [1.54, 1.807) is 6.20 Å². The molecule has 7 heteroatoms. The Morgan fingerprint density at radius 2 is 2.04 bits per heavy atom. The second kappa shape index (κ2) is 7.06. The molecule has 132 valence electrons. The standard InChI is InChI=1S/C18H21ClN4O2/c19-17-15(11-20-21-18(17)24)23-8-6-22(7-9-23)12-13-5-10-25-16-4-2-1-3-14(13)16/h1-4,11,13H,5-10,12H2,(H,21,24)/t13-/m1/s1. The molecule has 1 aromatic carbocycles. The van der Waals surface area contributed by atoms with Crippen molar-refractivity contribution in [3.8, 4) is 5.75 Å². The average Bonchev–Trinajstić information content (AvgIpc) is 2.65. The predicted octanol–water partition coefficient (Wildman–Crippen LogP) is 2.11. The quantitative estimate of drug-likeness (QED) is 0.908. The van der Waals surface area contributed by atoms with Gasteiger partial charge < -0.3 is 9.64 Å². The van der Waals surface area contributed by atoms with Gasteiger partial charge in [-0.2, -0.15) is 5.10 Å². The molecule has 6 nitrogen and oxygen atoms in total. The molecule has 0 radical (unpaired) electrons. The molecule has 0 spiro atoms. The van der Waals surface area contributed by atoms with Gasteiger partial charge in [0.2, 0.25) is 0 Å². The highest BCUT2D eigenvalue weighted by atomic mass is 35.5. The number of nitrogens with zero attached hydrogens (tertiary/aromatic N) is 3. The van der Waals surface area contributed by atoms with Crippen molar-refractivity contribution in [3.05, 3.63) is 51.4 Å². The summed E-state index contributed by atoms with van der Waals surface area (Å²) < 4.78 is 5.76. The first-order valence-electron chi connectivity index (χ1n) is 8.64. The summed E-state index contributed by atoms with van der Waals surface area (Å²) in [6.07, 6.45) is 2.69. The van der Waals surface area contributed by atoms with Gasteiger partial charge >= 0.3 is 0 Å². The molecule has 1 N–H and O–H groups in total. The van der Waals surface area contributed by atoms with Crippen LogP contribution in [0.3, 0.4) is 0 Å². The van der Waals surface area contributed by atoms with Gasteiger partial charge in [0, 0.05) is 38.6 Å². The Morgan fingerprint density at radius 1 is 1.24 bits per heavy atom. The van der Waals surface area contributed by atoms with Gasteiger partial charge in [-0.15, -0.1) is 0 Å². The number of ether oxygens (including phenoxy) is 1. The van der Waals surface area contributed by atoms with Crippen LogP contribution in [0.25, 0.3) is 0 Å². The van der Waals surface area contributed by atoms with Crippen LogP contribution >= 0.6 is 11.6 Å². The number of fused-ring (bicyclic) bond motifs is 1. The van der Waals surface area contributed by atoms with Crippen molar-refractivity contribution in [1.82, 2.24) is 15.1 Å². The van der Waals surface area contributed by atoms with E-state index in [1.807, 2.05) is 6.07 Å². The summed E-state index contributed by atoms with van der Waals surface area (Å²) in [5, 5.41) is 6.46. The van der Waals surface area contributed by atoms with Crippen LogP contribution in [-0.2, 0) is 0 Å². The second-order valence-corrected chi connectivity index (χ2v) is 6.94. The number of hydrogen-bond acceptors (Lipinski definition) is 5. The summed E-state index contributed by atoms with van der Waals surface area (Å²) in [6.45, 7) is 5.40. The zero-order chi connectivity index (χ0) is 17.2. The van der Waals surface area contributed by atoms with E-state index in [9.17, 15) is 4.79 Å². The average molecular weight is 361 g/mol. The molecule has 0 amide bonds. The summed E-state index contributed by atoms with van der Waals surface area (Å²) in [5.74, 6) is 1.54. The maximum atomic E-state index is 11.6. The third kappa shape index (κ3) is 3.37. The Hall–Kier alpha value is -2.05. The monoisotopic (exact) mass is 360 g/mol. The summed E-state index contributed by atoms with van der Waals surface area (Å²) in [7, 11) is 0. The molecular weight excluding hydrogens is 340 g/mol. The number of hydrogen-bond donors (Lipinski definition) is 1. The fourth-order valence-corrected chi connectivity index (χ4v) is 3.89. The maximum Gasteiger partial charge on any atom is 0.285 e. The Balaban J connectivity index is 1.40. The van der Waals surface area contributed by atoms with Crippen LogP contribution in [0.1, 0.15) is 17.9 Å². The normalized spacial score (nSPS) is 20.8. The highest BCUT2D eigenvalue weighted by Gasteiger charge is 2.26. The smallest absolute Gasteiger partial charge is 0.285 e. The largest absolute Gasteiger partial charge is 0.493 e. The molecule has 0 saturated carbocycles. The first-order chi connectivity index (χ1) is 12.2. The van der Waals surface area contributed by atoms with Crippen LogP contribution in [0.4, 0.5) is 5.69 Å². The van der Waals surface area contributed by atoms with Gasteiger partial charge in [-0.3, -0.25) is 9.69 Å². The molecule has 4 rings (SSSR count). The number of rotatable bonds is 3. The third-order valence-corrected chi connectivity index (χ3v) is 5.42. The molecule has 3 heterocycles. The lowest BCUT2D eigenvalue weighted by Crippen LogP contribution is -2.48. The van der Waals surface area contributed by atoms with E-state index >= 15 is 0 Å². The van der Waals surface area contributed by atoms with Gasteiger partial charge in [0.15, 0.2) is 0 Å². The zero-order valence-electron chi connectivity index (χ0n) is 13.9. The fraction of sp³-hybridized carbons (Fsp3) is 0.444. The number of aromatic nitrogens is 2. The third-order valence-electron chi connectivity index (χ3n) is 5.05. The lowest BCUT2D eigenvalue weighted by Gasteiger charge is -2.38. The topological polar surface area (TPSA) is 61.5 Å². The number of para-hydroxylation sites is 1. The van der Waals surface area contributed by atoms with E-state index < -0.39 is 0 Å². The van der Waals surface area contributed by atoms with Gasteiger partial charge in [0.25, 0.3) is 5.56 Å². The van der Waals surface area contributed by atoms with Crippen molar-refractivity contribution in [3.63, 3.8) is 0 Å². The van der Waals surface area contributed by atoms with Crippen LogP contribution in [0.5, 0.6) is 5.75 Å². The van der Waals surface area contributed by atoms with E-state index in [1.165, 1.54) is 5.56 Å². The number of nitrogens with one attached hydrogen (secondary N) is 1. The van der Waals surface area contributed by atoms with Gasteiger partial charge in [-0.25, -0.2) is 5.10 Å². The van der Waals surface area contributed by atoms with Crippen LogP contribution in [0, 0.1) is 0 Å². The molecule has 1 aromatic heterocycles. The minimum Gasteiger partial charge on any atom is -0.493 e. The number of aromatic amines is 1. The first kappa shape index (κ1) is 16.4. The minimum absolute atomic E-state index is 0.224. The number of H-pyrrole nitrogens is 1. The number of halogens is 1. The molecule has 1 fully saturated rings. The predicted molar refractivity (Wildman–Crippen MR) is 97.8 cm³/mol. The summed E-state index contributed by atoms with van der Waals surface area (Å²) in [4.78, 5) is 16.2. The van der Waals surface area contributed by atoms with Gasteiger partial charge in [0.1, 0.15) is 10.8 Å². The molecule has 0 bridgehead atoms. The number of anilines is 1. The Morgan fingerprint density at radius 3 is 2.88 bits per heavy atom. The molecule has 2 aromatic rings. The second-order valence-electron chi connectivity index (χ2n) is 6.56. The highest BCUT2D eigenvalue weighted by molar-refractivity contribution is 6.32. The molecule has 1 saturated heterocycles. The molecule has 0 unspecified atom stereocenters. The van der Waals surface area contributed by atoms with Crippen LogP contribution in [0.2, 0.25) is 5.02 Å². The molecule has 25 heavy (non-hydrogen) atoms. The van der Waals surface area contributed by atoms with Crippen molar-refractivity contribution in [2.45, 2.75) is 12.3 Å². The summed E-state index contributed by atoms with van der Waals surface area (Å²) in [5.41, 5.74) is 1.71. The van der Waals surface area contributed by atoms with Crippen molar-refractivity contribution < 1.29 is 4.74 Å². The lowest BCUT2D eigenvalue weighted by atomic mass is 9.92. The Kier molecular flexibility index (Phi) is 4.63. The number of benzene rings is 1. The number of piperazine rings is 1. The van der Waals surface area contributed by atoms with E-state index in [4.69, 9.17) is 16.3 Å². The zero-order valence-corrected chi connectivity index (χ0v) is 14.7. The summed E-state index contributed by atoms with van der Waals surface area (Å²) in [6, 6.07) is 8.35. The highest BCUT2D eigenvalue weighted by Crippen LogP contribution is 2.34. The molecule has 2 aliphatic heterocycles. The minimum atomic E-state index is -0.333. The fourth-order valence-electron chi connectivity index (χ4n) is 3.68. The van der Waals surface area contributed by atoms with Crippen molar-refractivity contribution in [2.24, 2.45) is 0 Å². The van der Waals surface area contributed by atoms with E-state index in [0.717, 1.165) is 57.2 Å². The van der Waals surface area contributed by atoms with Crippen molar-refractivity contribution in [2.75, 3.05) is 44.2 Å². The van der Waals surface area contributed by atoms with Crippen LogP contribution in [-0.4, -0.2) is 54.4 Å². The van der Waals surface area contributed by atoms with Crippen molar-refractivity contribution >= 4 is 17.3 Å². The Labute approximate surface area is 151 Å². The van der Waals surface area contributed by atoms with Gasteiger partial charge in [0.05, 0.1) is 18.5 Å². The molecule has 2 aliphatic rings. The van der Waals surface area contributed by atoms with Crippen LogP contribution < -0.4 is 15.2 Å². The molecular formula is C18H21ClN4O2. The SMILES string of the molecule is O=c1[nH]ncc(N2CCN(C[C@H]3CCOc4ccccc43)CC2)c1Cl. The maximum absolute atomic E-state index is 11.6. The van der Waals surface area contributed by atoms with E-state index in [0.29, 0.717) is 5.92 Å². The Bertz CT molecular complexity index is 802.